The predicted molar refractivity (Wildman–Crippen MR) is 52.8 cm³/mol. The Labute approximate surface area is 84.7 Å². The Kier molecular flexibility index (Phi) is 4.90. The fourth-order valence-electron chi connectivity index (χ4n) is 1.45. The highest BCUT2D eigenvalue weighted by molar-refractivity contribution is 5.75. The summed E-state index contributed by atoms with van der Waals surface area (Å²) in [6.45, 7) is 3.94. The highest BCUT2D eigenvalue weighted by Gasteiger charge is 2.19. The maximum absolute atomic E-state index is 11.3. The molecule has 0 saturated carbocycles. The average Bonchev–Trinajstić information content (AvgIpc) is 2.67. The summed E-state index contributed by atoms with van der Waals surface area (Å²) >= 11 is 0. The van der Waals surface area contributed by atoms with Gasteiger partial charge in [0.1, 0.15) is 6.04 Å². The van der Waals surface area contributed by atoms with Crippen molar-refractivity contribution in [1.82, 2.24) is 0 Å². The van der Waals surface area contributed by atoms with Gasteiger partial charge in [0.05, 0.1) is 13.2 Å². The molecule has 4 nitrogen and oxygen atoms in total. The number of nitrogens with two attached hydrogens (primary N) is 1. The molecule has 0 aromatic rings. The van der Waals surface area contributed by atoms with Gasteiger partial charge >= 0.3 is 5.97 Å². The van der Waals surface area contributed by atoms with E-state index < -0.39 is 6.04 Å². The molecule has 1 aliphatic heterocycles. The zero-order valence-corrected chi connectivity index (χ0v) is 8.70. The van der Waals surface area contributed by atoms with E-state index in [1.807, 2.05) is 6.92 Å². The molecule has 0 radical (unpaired) electrons. The van der Waals surface area contributed by atoms with Crippen LogP contribution in [0.25, 0.3) is 0 Å². The second kappa shape index (κ2) is 5.98. The summed E-state index contributed by atoms with van der Waals surface area (Å²) in [7, 11) is 0. The van der Waals surface area contributed by atoms with E-state index in [0.29, 0.717) is 25.6 Å². The van der Waals surface area contributed by atoms with E-state index in [-0.39, 0.29) is 5.97 Å². The first kappa shape index (κ1) is 11.5. The lowest BCUT2D eigenvalue weighted by Gasteiger charge is -2.12. The molecule has 2 N–H and O–H groups in total. The molecule has 0 amide bonds. The minimum Gasteiger partial charge on any atom is -0.464 e. The molecule has 4 heteroatoms. The average molecular weight is 201 g/mol. The summed E-state index contributed by atoms with van der Waals surface area (Å²) in [6, 6.07) is -0.456. The third-order valence-corrected chi connectivity index (χ3v) is 2.39. The molecule has 1 aliphatic rings. The monoisotopic (exact) mass is 201 g/mol. The summed E-state index contributed by atoms with van der Waals surface area (Å²) in [6.07, 6.45) is 2.58. The van der Waals surface area contributed by atoms with Gasteiger partial charge in [0.2, 0.25) is 0 Å². The van der Waals surface area contributed by atoms with Crippen molar-refractivity contribution in [2.75, 3.05) is 19.8 Å². The van der Waals surface area contributed by atoms with Crippen LogP contribution < -0.4 is 5.73 Å². The summed E-state index contributed by atoms with van der Waals surface area (Å²) in [4.78, 5) is 11.3. The van der Waals surface area contributed by atoms with Gasteiger partial charge in [0.25, 0.3) is 0 Å². The molecule has 0 aromatic carbocycles. The van der Waals surface area contributed by atoms with Crippen LogP contribution >= 0.6 is 0 Å². The van der Waals surface area contributed by atoms with Gasteiger partial charge in [-0.2, -0.15) is 0 Å². The molecule has 2 unspecified atom stereocenters. The van der Waals surface area contributed by atoms with Crippen molar-refractivity contribution in [3.8, 4) is 0 Å². The SMILES string of the molecule is CCCC(N)C(=O)OCC1CCOC1. The van der Waals surface area contributed by atoms with Crippen LogP contribution in [-0.4, -0.2) is 31.8 Å². The van der Waals surface area contributed by atoms with E-state index >= 15 is 0 Å². The van der Waals surface area contributed by atoms with Gasteiger partial charge < -0.3 is 15.2 Å². The van der Waals surface area contributed by atoms with E-state index in [9.17, 15) is 4.79 Å². The molecule has 2 atom stereocenters. The molecule has 14 heavy (non-hydrogen) atoms. The fourth-order valence-corrected chi connectivity index (χ4v) is 1.45. The van der Waals surface area contributed by atoms with Gasteiger partial charge in [0.15, 0.2) is 0 Å². The summed E-state index contributed by atoms with van der Waals surface area (Å²) in [5.74, 6) is 0.0894. The molecule has 0 aromatic heterocycles. The molecule has 82 valence electrons. The lowest BCUT2D eigenvalue weighted by Crippen LogP contribution is -2.33. The highest BCUT2D eigenvalue weighted by Crippen LogP contribution is 2.12. The van der Waals surface area contributed by atoms with Crippen molar-refractivity contribution in [2.45, 2.75) is 32.2 Å². The van der Waals surface area contributed by atoms with Crippen LogP contribution in [0.1, 0.15) is 26.2 Å². The van der Waals surface area contributed by atoms with Crippen LogP contribution in [0, 0.1) is 5.92 Å². The zero-order chi connectivity index (χ0) is 10.4. The van der Waals surface area contributed by atoms with Crippen LogP contribution in [0.5, 0.6) is 0 Å². The van der Waals surface area contributed by atoms with Crippen molar-refractivity contribution in [3.05, 3.63) is 0 Å². The maximum Gasteiger partial charge on any atom is 0.322 e. The summed E-state index contributed by atoms with van der Waals surface area (Å²) < 4.78 is 10.3. The van der Waals surface area contributed by atoms with Crippen molar-refractivity contribution in [3.63, 3.8) is 0 Å². The van der Waals surface area contributed by atoms with E-state index in [1.165, 1.54) is 0 Å². The third-order valence-electron chi connectivity index (χ3n) is 2.39. The second-order valence-corrected chi connectivity index (χ2v) is 3.75. The lowest BCUT2D eigenvalue weighted by atomic mass is 10.1. The van der Waals surface area contributed by atoms with Crippen molar-refractivity contribution in [2.24, 2.45) is 11.7 Å². The third kappa shape index (κ3) is 3.64. The van der Waals surface area contributed by atoms with Crippen molar-refractivity contribution in [1.29, 1.82) is 0 Å². The van der Waals surface area contributed by atoms with Crippen molar-refractivity contribution >= 4 is 5.97 Å². The second-order valence-electron chi connectivity index (χ2n) is 3.75. The highest BCUT2D eigenvalue weighted by atomic mass is 16.5. The van der Waals surface area contributed by atoms with Crippen molar-refractivity contribution < 1.29 is 14.3 Å². The minimum absolute atomic E-state index is 0.279. The number of ether oxygens (including phenoxy) is 2. The first-order valence-corrected chi connectivity index (χ1v) is 5.24. The molecule has 1 saturated heterocycles. The number of rotatable bonds is 5. The van der Waals surface area contributed by atoms with Gasteiger partial charge in [0, 0.05) is 12.5 Å². The Hall–Kier alpha value is -0.610. The Bertz CT molecular complexity index is 178. The molecule has 0 bridgehead atoms. The number of carbonyl (C=O) groups excluding carboxylic acids is 1. The first-order chi connectivity index (χ1) is 6.74. The number of esters is 1. The molecule has 0 spiro atoms. The van der Waals surface area contributed by atoms with Crippen LogP contribution in [0.4, 0.5) is 0 Å². The number of hydrogen-bond donors (Lipinski definition) is 1. The predicted octanol–water partition coefficient (Wildman–Crippen LogP) is 0.694. The fraction of sp³-hybridized carbons (Fsp3) is 0.900. The molecule has 1 heterocycles. The summed E-state index contributed by atoms with van der Waals surface area (Å²) in [5, 5.41) is 0. The van der Waals surface area contributed by atoms with E-state index in [4.69, 9.17) is 15.2 Å². The molecular formula is C10H19NO3. The lowest BCUT2D eigenvalue weighted by molar-refractivity contribution is -0.146. The van der Waals surface area contributed by atoms with Gasteiger partial charge in [-0.25, -0.2) is 0 Å². The quantitative estimate of drug-likeness (QED) is 0.665. The van der Waals surface area contributed by atoms with Crippen LogP contribution in [-0.2, 0) is 14.3 Å². The molecule has 1 rings (SSSR count). The van der Waals surface area contributed by atoms with Gasteiger partial charge in [-0.3, -0.25) is 4.79 Å². The topological polar surface area (TPSA) is 61.6 Å². The zero-order valence-electron chi connectivity index (χ0n) is 8.70. The van der Waals surface area contributed by atoms with E-state index in [1.54, 1.807) is 0 Å². The van der Waals surface area contributed by atoms with Crippen LogP contribution in [0.3, 0.4) is 0 Å². The van der Waals surface area contributed by atoms with Gasteiger partial charge in [-0.15, -0.1) is 0 Å². The molecule has 1 fully saturated rings. The summed E-state index contributed by atoms with van der Waals surface area (Å²) in [5.41, 5.74) is 5.61. The Morgan fingerprint density at radius 1 is 1.71 bits per heavy atom. The van der Waals surface area contributed by atoms with Gasteiger partial charge in [-0.1, -0.05) is 13.3 Å². The van der Waals surface area contributed by atoms with E-state index in [0.717, 1.165) is 19.4 Å². The van der Waals surface area contributed by atoms with Crippen LogP contribution in [0.2, 0.25) is 0 Å². The molecular weight excluding hydrogens is 182 g/mol. The minimum atomic E-state index is -0.456. The number of carbonyl (C=O) groups is 1. The Morgan fingerprint density at radius 3 is 3.07 bits per heavy atom. The standard InChI is InChI=1S/C10H19NO3/c1-2-3-9(11)10(12)14-7-8-4-5-13-6-8/h8-9H,2-7,11H2,1H3. The first-order valence-electron chi connectivity index (χ1n) is 5.24. The Morgan fingerprint density at radius 2 is 2.50 bits per heavy atom. The van der Waals surface area contributed by atoms with Crippen LogP contribution in [0.15, 0.2) is 0 Å². The molecule has 0 aliphatic carbocycles. The number of hydrogen-bond acceptors (Lipinski definition) is 4. The van der Waals surface area contributed by atoms with E-state index in [2.05, 4.69) is 0 Å². The maximum atomic E-state index is 11.3. The Balaban J connectivity index is 2.13. The van der Waals surface area contributed by atoms with Gasteiger partial charge in [-0.05, 0) is 12.8 Å². The largest absolute Gasteiger partial charge is 0.464 e. The smallest absolute Gasteiger partial charge is 0.322 e. The normalized spacial score (nSPS) is 23.4.